The van der Waals surface area contributed by atoms with Crippen molar-refractivity contribution in [2.75, 3.05) is 0 Å². The van der Waals surface area contributed by atoms with Crippen LogP contribution in [0.3, 0.4) is 0 Å². The zero-order chi connectivity index (χ0) is 10.6. The lowest BCUT2D eigenvalue weighted by atomic mass is 9.89. The number of hydrogen-bond donors (Lipinski definition) is 1. The summed E-state index contributed by atoms with van der Waals surface area (Å²) in [6, 6.07) is 0. The summed E-state index contributed by atoms with van der Waals surface area (Å²) in [5, 5.41) is 8.55. The van der Waals surface area contributed by atoms with Gasteiger partial charge in [-0.25, -0.2) is 0 Å². The number of rotatable bonds is 5. The second-order valence-corrected chi connectivity index (χ2v) is 3.83. The second-order valence-electron chi connectivity index (χ2n) is 3.83. The molecule has 0 aliphatic heterocycles. The fourth-order valence-electron chi connectivity index (χ4n) is 2.13. The molecule has 0 amide bonds. The monoisotopic (exact) mass is 196 g/mol. The Morgan fingerprint density at radius 2 is 2.36 bits per heavy atom. The molecule has 3 heteroatoms. The molecule has 0 spiro atoms. The Morgan fingerprint density at radius 1 is 1.64 bits per heavy atom. The van der Waals surface area contributed by atoms with Gasteiger partial charge in [0, 0.05) is 18.8 Å². The van der Waals surface area contributed by atoms with Crippen LogP contribution in [0.1, 0.15) is 32.1 Å². The Hall–Kier alpha value is -1.12. The molecular formula is C11H16O3. The van der Waals surface area contributed by atoms with Gasteiger partial charge in [-0.15, -0.1) is 6.58 Å². The highest BCUT2D eigenvalue weighted by Gasteiger charge is 2.33. The molecule has 0 aromatic carbocycles. The van der Waals surface area contributed by atoms with E-state index in [2.05, 4.69) is 6.58 Å². The van der Waals surface area contributed by atoms with Crippen LogP contribution in [0.2, 0.25) is 0 Å². The first-order valence-corrected chi connectivity index (χ1v) is 5.00. The lowest BCUT2D eigenvalue weighted by molar-refractivity contribution is -0.137. The molecule has 0 radical (unpaired) electrons. The van der Waals surface area contributed by atoms with Crippen molar-refractivity contribution in [2.24, 2.45) is 11.8 Å². The van der Waals surface area contributed by atoms with Crippen LogP contribution >= 0.6 is 0 Å². The van der Waals surface area contributed by atoms with Crippen molar-refractivity contribution in [2.45, 2.75) is 32.1 Å². The second kappa shape index (κ2) is 4.94. The van der Waals surface area contributed by atoms with Gasteiger partial charge in [0.2, 0.25) is 0 Å². The zero-order valence-corrected chi connectivity index (χ0v) is 8.24. The third-order valence-corrected chi connectivity index (χ3v) is 2.89. The molecule has 1 rings (SSSR count). The SMILES string of the molecule is C=CC[C@@H]1C(=O)CC[C@H]1CCC(=O)O. The number of allylic oxidation sites excluding steroid dienone is 1. The summed E-state index contributed by atoms with van der Waals surface area (Å²) in [4.78, 5) is 21.8. The van der Waals surface area contributed by atoms with E-state index >= 15 is 0 Å². The van der Waals surface area contributed by atoms with Crippen LogP contribution in [-0.4, -0.2) is 16.9 Å². The molecule has 2 atom stereocenters. The number of Topliss-reactive ketones (excluding diaryl/α,β-unsaturated/α-hetero) is 1. The van der Waals surface area contributed by atoms with E-state index < -0.39 is 5.97 Å². The molecule has 0 aromatic heterocycles. The summed E-state index contributed by atoms with van der Waals surface area (Å²) in [6.45, 7) is 3.62. The van der Waals surface area contributed by atoms with E-state index in [0.29, 0.717) is 19.3 Å². The normalized spacial score (nSPS) is 26.4. The minimum absolute atomic E-state index is 0.0341. The van der Waals surface area contributed by atoms with E-state index in [1.54, 1.807) is 6.08 Å². The third kappa shape index (κ3) is 2.69. The summed E-state index contributed by atoms with van der Waals surface area (Å²) < 4.78 is 0. The van der Waals surface area contributed by atoms with E-state index in [1.807, 2.05) is 0 Å². The first-order chi connectivity index (χ1) is 6.65. The standard InChI is InChI=1S/C11H16O3/c1-2-3-9-8(4-6-10(9)12)5-7-11(13)14/h2,8-9H,1,3-7H2,(H,13,14)/t8-,9-/m0/s1. The van der Waals surface area contributed by atoms with E-state index in [9.17, 15) is 9.59 Å². The number of carboxylic acids is 1. The van der Waals surface area contributed by atoms with Gasteiger partial charge in [0.15, 0.2) is 0 Å². The van der Waals surface area contributed by atoms with Crippen molar-refractivity contribution in [1.82, 2.24) is 0 Å². The highest BCUT2D eigenvalue weighted by atomic mass is 16.4. The van der Waals surface area contributed by atoms with Crippen molar-refractivity contribution in [1.29, 1.82) is 0 Å². The highest BCUT2D eigenvalue weighted by molar-refractivity contribution is 5.83. The fourth-order valence-corrected chi connectivity index (χ4v) is 2.13. The van der Waals surface area contributed by atoms with Crippen molar-refractivity contribution >= 4 is 11.8 Å². The average Bonchev–Trinajstić information content (AvgIpc) is 2.46. The van der Waals surface area contributed by atoms with Crippen LogP contribution in [0.4, 0.5) is 0 Å². The van der Waals surface area contributed by atoms with E-state index in [-0.39, 0.29) is 24.0 Å². The summed E-state index contributed by atoms with van der Waals surface area (Å²) in [6.07, 6.45) is 4.71. The van der Waals surface area contributed by atoms with Crippen LogP contribution in [0, 0.1) is 11.8 Å². The van der Waals surface area contributed by atoms with Gasteiger partial charge in [-0.2, -0.15) is 0 Å². The van der Waals surface area contributed by atoms with Gasteiger partial charge in [-0.05, 0) is 25.2 Å². The minimum atomic E-state index is -0.776. The molecule has 1 aliphatic carbocycles. The van der Waals surface area contributed by atoms with Gasteiger partial charge in [-0.3, -0.25) is 9.59 Å². The van der Waals surface area contributed by atoms with Crippen LogP contribution < -0.4 is 0 Å². The van der Waals surface area contributed by atoms with Crippen LogP contribution in [0.5, 0.6) is 0 Å². The summed E-state index contributed by atoms with van der Waals surface area (Å²) in [5.41, 5.74) is 0. The highest BCUT2D eigenvalue weighted by Crippen LogP contribution is 2.34. The maximum Gasteiger partial charge on any atom is 0.303 e. The number of aliphatic carboxylic acids is 1. The van der Waals surface area contributed by atoms with Gasteiger partial charge in [-0.1, -0.05) is 6.08 Å². The first kappa shape index (κ1) is 11.0. The third-order valence-electron chi connectivity index (χ3n) is 2.89. The molecule has 1 fully saturated rings. The number of carbonyl (C=O) groups is 2. The topological polar surface area (TPSA) is 54.4 Å². The Bertz CT molecular complexity index is 245. The maximum absolute atomic E-state index is 11.4. The Labute approximate surface area is 83.8 Å². The fraction of sp³-hybridized carbons (Fsp3) is 0.636. The quantitative estimate of drug-likeness (QED) is 0.684. The van der Waals surface area contributed by atoms with E-state index in [4.69, 9.17) is 5.11 Å². The van der Waals surface area contributed by atoms with Crippen molar-refractivity contribution < 1.29 is 14.7 Å². The van der Waals surface area contributed by atoms with Crippen LogP contribution in [-0.2, 0) is 9.59 Å². The Kier molecular flexibility index (Phi) is 3.86. The molecular weight excluding hydrogens is 180 g/mol. The van der Waals surface area contributed by atoms with Gasteiger partial charge in [0.05, 0.1) is 0 Å². The summed E-state index contributed by atoms with van der Waals surface area (Å²) >= 11 is 0. The molecule has 0 aromatic rings. The number of hydrogen-bond acceptors (Lipinski definition) is 2. The summed E-state index contributed by atoms with van der Waals surface area (Å²) in [5.74, 6) is -0.203. The van der Waals surface area contributed by atoms with Crippen LogP contribution in [0.25, 0.3) is 0 Å². The molecule has 14 heavy (non-hydrogen) atoms. The lowest BCUT2D eigenvalue weighted by Gasteiger charge is -2.15. The molecule has 78 valence electrons. The molecule has 1 aliphatic rings. The van der Waals surface area contributed by atoms with Crippen molar-refractivity contribution in [3.63, 3.8) is 0 Å². The van der Waals surface area contributed by atoms with Gasteiger partial charge < -0.3 is 5.11 Å². The van der Waals surface area contributed by atoms with Gasteiger partial charge >= 0.3 is 5.97 Å². The molecule has 0 saturated heterocycles. The molecule has 3 nitrogen and oxygen atoms in total. The molecule has 1 N–H and O–H groups in total. The Morgan fingerprint density at radius 3 is 2.93 bits per heavy atom. The Balaban J connectivity index is 2.46. The average molecular weight is 196 g/mol. The number of ketones is 1. The minimum Gasteiger partial charge on any atom is -0.481 e. The predicted molar refractivity (Wildman–Crippen MR) is 52.9 cm³/mol. The maximum atomic E-state index is 11.4. The largest absolute Gasteiger partial charge is 0.481 e. The van der Waals surface area contributed by atoms with Crippen LogP contribution in [0.15, 0.2) is 12.7 Å². The zero-order valence-electron chi connectivity index (χ0n) is 8.24. The molecule has 0 heterocycles. The predicted octanol–water partition coefficient (Wildman–Crippen LogP) is 2.02. The number of carboxylic acid groups (broad SMARTS) is 1. The van der Waals surface area contributed by atoms with Gasteiger partial charge in [0.1, 0.15) is 5.78 Å². The van der Waals surface area contributed by atoms with Crippen molar-refractivity contribution in [3.05, 3.63) is 12.7 Å². The lowest BCUT2D eigenvalue weighted by Crippen LogP contribution is -2.15. The molecule has 1 saturated carbocycles. The van der Waals surface area contributed by atoms with E-state index in [1.165, 1.54) is 0 Å². The van der Waals surface area contributed by atoms with Crippen molar-refractivity contribution in [3.8, 4) is 0 Å². The number of carbonyl (C=O) groups excluding carboxylic acids is 1. The smallest absolute Gasteiger partial charge is 0.303 e. The van der Waals surface area contributed by atoms with Gasteiger partial charge in [0.25, 0.3) is 0 Å². The van der Waals surface area contributed by atoms with E-state index in [0.717, 1.165) is 6.42 Å². The summed E-state index contributed by atoms with van der Waals surface area (Å²) in [7, 11) is 0. The molecule has 0 unspecified atom stereocenters. The first-order valence-electron chi connectivity index (χ1n) is 5.00. The molecule has 0 bridgehead atoms.